The molecule has 0 saturated carbocycles. The van der Waals surface area contributed by atoms with E-state index in [1.807, 2.05) is 6.92 Å². The zero-order chi connectivity index (χ0) is 13.7. The summed E-state index contributed by atoms with van der Waals surface area (Å²) in [6.07, 6.45) is 0.414. The molecule has 0 bridgehead atoms. The molecule has 0 aliphatic rings. The summed E-state index contributed by atoms with van der Waals surface area (Å²) in [6, 6.07) is 5.72. The lowest BCUT2D eigenvalue weighted by Crippen LogP contribution is -2.17. The number of nitrogens with one attached hydrogen (secondary N) is 1. The Hall–Kier alpha value is -1.89. The van der Waals surface area contributed by atoms with Crippen LogP contribution in [0, 0.1) is 29.0 Å². The van der Waals surface area contributed by atoms with Crippen molar-refractivity contribution in [3.05, 3.63) is 29.6 Å². The van der Waals surface area contributed by atoms with E-state index in [0.717, 1.165) is 0 Å². The molecule has 4 heteroatoms. The number of halogens is 1. The van der Waals surface area contributed by atoms with Crippen LogP contribution in [0.5, 0.6) is 0 Å². The first-order valence-electron chi connectivity index (χ1n) is 5.93. The highest BCUT2D eigenvalue weighted by Gasteiger charge is 2.13. The molecule has 0 aliphatic heterocycles. The van der Waals surface area contributed by atoms with Crippen LogP contribution in [0.25, 0.3) is 0 Å². The normalized spacial score (nSPS) is 12.0. The van der Waals surface area contributed by atoms with Crippen molar-refractivity contribution in [1.82, 2.24) is 0 Å². The van der Waals surface area contributed by atoms with Crippen molar-refractivity contribution in [1.29, 1.82) is 5.26 Å². The number of amides is 1. The standard InChI is InChI=1S/C14H17FN2O/c1-9(2)10(3)6-14(18)17-12-4-5-13(15)11(7-12)8-16/h4-5,7,9-10H,6H2,1-3H3,(H,17,18). The molecule has 1 aromatic rings. The Morgan fingerprint density at radius 1 is 1.44 bits per heavy atom. The Morgan fingerprint density at radius 2 is 2.11 bits per heavy atom. The molecule has 0 radical (unpaired) electrons. The molecule has 1 atom stereocenters. The Balaban J connectivity index is 2.68. The average Bonchev–Trinajstić information content (AvgIpc) is 2.31. The van der Waals surface area contributed by atoms with Crippen molar-refractivity contribution in [3.63, 3.8) is 0 Å². The zero-order valence-electron chi connectivity index (χ0n) is 10.8. The highest BCUT2D eigenvalue weighted by molar-refractivity contribution is 5.91. The lowest BCUT2D eigenvalue weighted by Gasteiger charge is -2.15. The molecular formula is C14H17FN2O. The van der Waals surface area contributed by atoms with Gasteiger partial charge in [-0.3, -0.25) is 4.79 Å². The minimum absolute atomic E-state index is 0.0651. The van der Waals surface area contributed by atoms with Crippen molar-refractivity contribution in [2.24, 2.45) is 11.8 Å². The smallest absolute Gasteiger partial charge is 0.224 e. The first-order chi connectivity index (χ1) is 8.43. The van der Waals surface area contributed by atoms with Gasteiger partial charge < -0.3 is 5.32 Å². The Kier molecular flexibility index (Phi) is 4.85. The van der Waals surface area contributed by atoms with Crippen LogP contribution >= 0.6 is 0 Å². The van der Waals surface area contributed by atoms with Crippen LogP contribution in [0.3, 0.4) is 0 Å². The number of carbonyl (C=O) groups is 1. The minimum atomic E-state index is -0.578. The third kappa shape index (κ3) is 3.85. The lowest BCUT2D eigenvalue weighted by atomic mass is 9.94. The summed E-state index contributed by atoms with van der Waals surface area (Å²) >= 11 is 0. The number of hydrogen-bond donors (Lipinski definition) is 1. The summed E-state index contributed by atoms with van der Waals surface area (Å²) in [5.74, 6) is 0.0114. The van der Waals surface area contributed by atoms with Gasteiger partial charge in [0.2, 0.25) is 5.91 Å². The quantitative estimate of drug-likeness (QED) is 0.888. The second-order valence-electron chi connectivity index (χ2n) is 4.78. The highest BCUT2D eigenvalue weighted by atomic mass is 19.1. The molecule has 0 aliphatic carbocycles. The van der Waals surface area contributed by atoms with E-state index in [1.54, 1.807) is 6.07 Å². The van der Waals surface area contributed by atoms with Gasteiger partial charge in [0.05, 0.1) is 5.56 Å². The van der Waals surface area contributed by atoms with Gasteiger partial charge in [-0.2, -0.15) is 5.26 Å². The van der Waals surface area contributed by atoms with Gasteiger partial charge in [-0.25, -0.2) is 4.39 Å². The predicted octanol–water partition coefficient (Wildman–Crippen LogP) is 3.32. The zero-order valence-corrected chi connectivity index (χ0v) is 10.8. The van der Waals surface area contributed by atoms with Gasteiger partial charge in [0.1, 0.15) is 11.9 Å². The molecule has 96 valence electrons. The van der Waals surface area contributed by atoms with Crippen LogP contribution < -0.4 is 5.32 Å². The van der Waals surface area contributed by atoms with Crippen molar-refractivity contribution in [2.45, 2.75) is 27.2 Å². The maximum Gasteiger partial charge on any atom is 0.224 e. The van der Waals surface area contributed by atoms with Gasteiger partial charge in [-0.15, -0.1) is 0 Å². The fraction of sp³-hybridized carbons (Fsp3) is 0.429. The Morgan fingerprint density at radius 3 is 2.67 bits per heavy atom. The fourth-order valence-electron chi connectivity index (χ4n) is 1.43. The third-order valence-corrected chi connectivity index (χ3v) is 3.02. The molecule has 1 N–H and O–H groups in total. The molecule has 1 rings (SSSR count). The minimum Gasteiger partial charge on any atom is -0.326 e. The van der Waals surface area contributed by atoms with Gasteiger partial charge in [0.15, 0.2) is 0 Å². The van der Waals surface area contributed by atoms with Crippen LogP contribution in [0.4, 0.5) is 10.1 Å². The van der Waals surface area contributed by atoms with Crippen molar-refractivity contribution in [3.8, 4) is 6.07 Å². The molecule has 0 aromatic heterocycles. The first kappa shape index (κ1) is 14.2. The van der Waals surface area contributed by atoms with Crippen molar-refractivity contribution < 1.29 is 9.18 Å². The number of benzene rings is 1. The molecule has 1 aromatic carbocycles. The maximum absolute atomic E-state index is 13.1. The third-order valence-electron chi connectivity index (χ3n) is 3.02. The predicted molar refractivity (Wildman–Crippen MR) is 68.4 cm³/mol. The number of hydrogen-bond acceptors (Lipinski definition) is 2. The van der Waals surface area contributed by atoms with Crippen molar-refractivity contribution in [2.75, 3.05) is 5.32 Å². The van der Waals surface area contributed by atoms with E-state index in [1.165, 1.54) is 18.2 Å². The average molecular weight is 248 g/mol. The van der Waals surface area contributed by atoms with Gasteiger partial charge in [0, 0.05) is 12.1 Å². The molecule has 1 amide bonds. The second kappa shape index (κ2) is 6.15. The van der Waals surface area contributed by atoms with Crippen LogP contribution in [-0.2, 0) is 4.79 Å². The summed E-state index contributed by atoms with van der Waals surface area (Å²) in [5, 5.41) is 11.4. The van der Waals surface area contributed by atoms with E-state index in [2.05, 4.69) is 19.2 Å². The number of rotatable bonds is 4. The van der Waals surface area contributed by atoms with Crippen LogP contribution in [0.1, 0.15) is 32.8 Å². The summed E-state index contributed by atoms with van der Waals surface area (Å²) in [5.41, 5.74) is 0.388. The molecule has 1 unspecified atom stereocenters. The van der Waals surface area contributed by atoms with Gasteiger partial charge in [-0.05, 0) is 30.0 Å². The number of anilines is 1. The molecule has 0 heterocycles. The maximum atomic E-state index is 13.1. The summed E-state index contributed by atoms with van der Waals surface area (Å²) in [4.78, 5) is 11.7. The monoisotopic (exact) mass is 248 g/mol. The largest absolute Gasteiger partial charge is 0.326 e. The molecule has 0 fully saturated rings. The second-order valence-corrected chi connectivity index (χ2v) is 4.78. The number of nitriles is 1. The topological polar surface area (TPSA) is 52.9 Å². The SMILES string of the molecule is CC(C)C(C)CC(=O)Nc1ccc(F)c(C#N)c1. The first-order valence-corrected chi connectivity index (χ1v) is 5.93. The molecule has 3 nitrogen and oxygen atoms in total. The Bertz CT molecular complexity index is 477. The van der Waals surface area contributed by atoms with Gasteiger partial charge in [0.25, 0.3) is 0 Å². The number of carbonyl (C=O) groups excluding carboxylic acids is 1. The van der Waals surface area contributed by atoms with Crippen LogP contribution in [-0.4, -0.2) is 5.91 Å². The van der Waals surface area contributed by atoms with Crippen molar-refractivity contribution >= 4 is 11.6 Å². The summed E-state index contributed by atoms with van der Waals surface area (Å²) in [7, 11) is 0. The fourth-order valence-corrected chi connectivity index (χ4v) is 1.43. The van der Waals surface area contributed by atoms with E-state index in [-0.39, 0.29) is 17.4 Å². The van der Waals surface area contributed by atoms with E-state index in [4.69, 9.17) is 5.26 Å². The molecule has 18 heavy (non-hydrogen) atoms. The molecule has 0 saturated heterocycles. The van der Waals surface area contributed by atoms with E-state index in [0.29, 0.717) is 18.0 Å². The Labute approximate surface area is 107 Å². The molecule has 0 spiro atoms. The van der Waals surface area contributed by atoms with E-state index in [9.17, 15) is 9.18 Å². The summed E-state index contributed by atoms with van der Waals surface area (Å²) in [6.45, 7) is 6.13. The van der Waals surface area contributed by atoms with Gasteiger partial charge >= 0.3 is 0 Å². The van der Waals surface area contributed by atoms with Gasteiger partial charge in [-0.1, -0.05) is 20.8 Å². The van der Waals surface area contributed by atoms with Crippen LogP contribution in [0.2, 0.25) is 0 Å². The summed E-state index contributed by atoms with van der Waals surface area (Å²) < 4.78 is 13.1. The van der Waals surface area contributed by atoms with E-state index >= 15 is 0 Å². The molecular weight excluding hydrogens is 231 g/mol. The highest BCUT2D eigenvalue weighted by Crippen LogP contribution is 2.17. The lowest BCUT2D eigenvalue weighted by molar-refractivity contribution is -0.117. The van der Waals surface area contributed by atoms with E-state index < -0.39 is 5.82 Å². The van der Waals surface area contributed by atoms with Crippen LogP contribution in [0.15, 0.2) is 18.2 Å². The number of nitrogens with zero attached hydrogens (tertiary/aromatic N) is 1.